The van der Waals surface area contributed by atoms with Gasteiger partial charge in [0.15, 0.2) is 0 Å². The zero-order valence-corrected chi connectivity index (χ0v) is 19.7. The highest BCUT2D eigenvalue weighted by molar-refractivity contribution is 7.92. The third-order valence-corrected chi connectivity index (χ3v) is 6.41. The van der Waals surface area contributed by atoms with E-state index in [1.807, 2.05) is 32.9 Å². The fraction of sp³-hybridized carbons (Fsp3) is 0.391. The summed E-state index contributed by atoms with van der Waals surface area (Å²) in [6.45, 7) is 7.08. The topological polar surface area (TPSA) is 96.0 Å². The second kappa shape index (κ2) is 9.70. The zero-order valence-electron chi connectivity index (χ0n) is 18.8. The predicted octanol–water partition coefficient (Wildman–Crippen LogP) is 2.49. The second-order valence-electron chi connectivity index (χ2n) is 8.02. The van der Waals surface area contributed by atoms with E-state index < -0.39 is 22.5 Å². The first-order valence-electron chi connectivity index (χ1n) is 10.4. The summed E-state index contributed by atoms with van der Waals surface area (Å²) < 4.78 is 31.5. The van der Waals surface area contributed by atoms with Crippen LogP contribution in [0, 0.1) is 20.8 Å². The molecule has 2 aromatic carbocycles. The van der Waals surface area contributed by atoms with Crippen molar-refractivity contribution in [3.05, 3.63) is 58.7 Å². The van der Waals surface area contributed by atoms with Crippen molar-refractivity contribution in [2.45, 2.75) is 20.8 Å². The van der Waals surface area contributed by atoms with E-state index in [4.69, 9.17) is 4.74 Å². The number of morpholine rings is 1. The largest absolute Gasteiger partial charge is 0.378 e. The maximum atomic E-state index is 12.9. The predicted molar refractivity (Wildman–Crippen MR) is 125 cm³/mol. The van der Waals surface area contributed by atoms with Gasteiger partial charge in [0.25, 0.3) is 5.91 Å². The van der Waals surface area contributed by atoms with Gasteiger partial charge in [-0.15, -0.1) is 0 Å². The van der Waals surface area contributed by atoms with Crippen LogP contribution in [0.5, 0.6) is 0 Å². The van der Waals surface area contributed by atoms with Gasteiger partial charge in [-0.25, -0.2) is 8.42 Å². The lowest BCUT2D eigenvalue weighted by atomic mass is 10.1. The number of carbonyl (C=O) groups excluding carboxylic acids is 2. The minimum Gasteiger partial charge on any atom is -0.378 e. The van der Waals surface area contributed by atoms with Gasteiger partial charge in [0.2, 0.25) is 15.9 Å². The van der Waals surface area contributed by atoms with Crippen molar-refractivity contribution >= 4 is 33.2 Å². The molecular weight excluding hydrogens is 430 g/mol. The summed E-state index contributed by atoms with van der Waals surface area (Å²) in [5.74, 6) is -0.730. The molecule has 0 bridgehead atoms. The molecule has 3 rings (SSSR count). The van der Waals surface area contributed by atoms with Crippen LogP contribution in [0.4, 0.5) is 11.4 Å². The lowest BCUT2D eigenvalue weighted by molar-refractivity contribution is -0.114. The molecule has 9 heteroatoms. The number of ether oxygens (including phenoxy) is 1. The molecule has 172 valence electrons. The highest BCUT2D eigenvalue weighted by atomic mass is 32.2. The zero-order chi connectivity index (χ0) is 23.5. The van der Waals surface area contributed by atoms with Gasteiger partial charge in [0.05, 0.1) is 36.4 Å². The van der Waals surface area contributed by atoms with E-state index in [2.05, 4.69) is 5.32 Å². The Balaban J connectivity index is 1.85. The van der Waals surface area contributed by atoms with Crippen LogP contribution in [0.25, 0.3) is 0 Å². The van der Waals surface area contributed by atoms with Gasteiger partial charge in [-0.05, 0) is 44.0 Å². The number of aryl methyl sites for hydroxylation is 3. The van der Waals surface area contributed by atoms with Crippen molar-refractivity contribution in [1.29, 1.82) is 0 Å². The molecule has 0 atom stereocenters. The van der Waals surface area contributed by atoms with E-state index in [0.717, 1.165) is 27.3 Å². The van der Waals surface area contributed by atoms with E-state index in [-0.39, 0.29) is 5.91 Å². The normalized spacial score (nSPS) is 14.2. The van der Waals surface area contributed by atoms with E-state index in [9.17, 15) is 18.0 Å². The Hall–Kier alpha value is -2.91. The quantitative estimate of drug-likeness (QED) is 0.716. The molecule has 0 aromatic heterocycles. The van der Waals surface area contributed by atoms with Crippen molar-refractivity contribution in [3.8, 4) is 0 Å². The molecule has 1 N–H and O–H groups in total. The van der Waals surface area contributed by atoms with Gasteiger partial charge in [0, 0.05) is 13.1 Å². The number of sulfonamides is 1. The molecule has 0 spiro atoms. The molecule has 0 radical (unpaired) electrons. The Labute approximate surface area is 189 Å². The summed E-state index contributed by atoms with van der Waals surface area (Å²) in [6, 6.07) is 10.5. The summed E-state index contributed by atoms with van der Waals surface area (Å²) in [7, 11) is -3.72. The number of amides is 2. The number of hydrogen-bond donors (Lipinski definition) is 1. The van der Waals surface area contributed by atoms with Crippen molar-refractivity contribution in [3.63, 3.8) is 0 Å². The molecule has 1 fully saturated rings. The van der Waals surface area contributed by atoms with Crippen LogP contribution in [0.3, 0.4) is 0 Å². The Kier molecular flexibility index (Phi) is 7.20. The molecule has 2 amide bonds. The number of rotatable bonds is 6. The van der Waals surface area contributed by atoms with Gasteiger partial charge in [-0.1, -0.05) is 29.8 Å². The summed E-state index contributed by atoms with van der Waals surface area (Å²) in [5, 5.41) is 2.73. The number of nitrogens with one attached hydrogen (secondary N) is 1. The Bertz CT molecular complexity index is 1100. The Morgan fingerprint density at radius 3 is 2.25 bits per heavy atom. The number of benzene rings is 2. The third-order valence-electron chi connectivity index (χ3n) is 5.30. The first-order valence-corrected chi connectivity index (χ1v) is 12.2. The van der Waals surface area contributed by atoms with Gasteiger partial charge in [0.1, 0.15) is 6.54 Å². The Morgan fingerprint density at radius 1 is 1.06 bits per heavy atom. The molecular formula is C23H29N3O5S. The second-order valence-corrected chi connectivity index (χ2v) is 9.92. The number of hydrogen-bond acceptors (Lipinski definition) is 5. The van der Waals surface area contributed by atoms with Crippen molar-refractivity contribution in [2.24, 2.45) is 0 Å². The van der Waals surface area contributed by atoms with E-state index in [1.54, 1.807) is 29.2 Å². The number of nitrogens with zero attached hydrogens (tertiary/aromatic N) is 2. The monoisotopic (exact) mass is 459 g/mol. The van der Waals surface area contributed by atoms with Crippen LogP contribution in [0.1, 0.15) is 27.0 Å². The maximum Gasteiger partial charge on any atom is 0.256 e. The number of para-hydroxylation sites is 1. The first kappa shape index (κ1) is 23.7. The fourth-order valence-electron chi connectivity index (χ4n) is 3.96. The van der Waals surface area contributed by atoms with Crippen LogP contribution in [0.15, 0.2) is 36.4 Å². The standard InChI is InChI=1S/C23H29N3O5S/c1-16-13-17(2)22(18(3)14-16)26(32(4,29)30)15-21(27)24-20-8-6-5-7-19(20)23(28)25-9-11-31-12-10-25/h5-8,13-14H,9-12,15H2,1-4H3,(H,24,27). The molecule has 0 unspecified atom stereocenters. The summed E-state index contributed by atoms with van der Waals surface area (Å²) in [5.41, 5.74) is 3.74. The molecule has 1 saturated heterocycles. The van der Waals surface area contributed by atoms with Gasteiger partial charge in [-0.3, -0.25) is 13.9 Å². The minimum atomic E-state index is -3.72. The third kappa shape index (κ3) is 5.46. The highest BCUT2D eigenvalue weighted by Crippen LogP contribution is 2.28. The SMILES string of the molecule is Cc1cc(C)c(N(CC(=O)Nc2ccccc2C(=O)N2CCOCC2)S(C)(=O)=O)c(C)c1. The summed E-state index contributed by atoms with van der Waals surface area (Å²) in [6.07, 6.45) is 1.08. The average molecular weight is 460 g/mol. The van der Waals surface area contributed by atoms with Crippen LogP contribution in [0.2, 0.25) is 0 Å². The molecule has 1 heterocycles. The first-order chi connectivity index (χ1) is 15.1. The summed E-state index contributed by atoms with van der Waals surface area (Å²) >= 11 is 0. The molecule has 2 aromatic rings. The number of carbonyl (C=O) groups is 2. The van der Waals surface area contributed by atoms with Crippen LogP contribution in [-0.2, 0) is 19.6 Å². The number of anilines is 2. The van der Waals surface area contributed by atoms with Crippen LogP contribution >= 0.6 is 0 Å². The lowest BCUT2D eigenvalue weighted by Gasteiger charge is -2.28. The average Bonchev–Trinajstić information content (AvgIpc) is 2.72. The van der Waals surface area contributed by atoms with Crippen LogP contribution in [-0.4, -0.2) is 64.2 Å². The summed E-state index contributed by atoms with van der Waals surface area (Å²) in [4.78, 5) is 27.5. The molecule has 8 nitrogen and oxygen atoms in total. The highest BCUT2D eigenvalue weighted by Gasteiger charge is 2.26. The van der Waals surface area contributed by atoms with E-state index in [1.165, 1.54) is 0 Å². The van der Waals surface area contributed by atoms with Crippen molar-refractivity contribution in [2.75, 3.05) is 48.7 Å². The molecule has 0 saturated carbocycles. The van der Waals surface area contributed by atoms with Crippen molar-refractivity contribution < 1.29 is 22.7 Å². The molecule has 32 heavy (non-hydrogen) atoms. The van der Waals surface area contributed by atoms with Gasteiger partial charge in [-0.2, -0.15) is 0 Å². The smallest absolute Gasteiger partial charge is 0.256 e. The lowest BCUT2D eigenvalue weighted by Crippen LogP contribution is -2.41. The van der Waals surface area contributed by atoms with Crippen molar-refractivity contribution in [1.82, 2.24) is 4.90 Å². The van der Waals surface area contributed by atoms with Gasteiger partial charge < -0.3 is 15.0 Å². The van der Waals surface area contributed by atoms with E-state index in [0.29, 0.717) is 43.2 Å². The minimum absolute atomic E-state index is 0.200. The Morgan fingerprint density at radius 2 is 1.66 bits per heavy atom. The fourth-order valence-corrected chi connectivity index (χ4v) is 4.93. The molecule has 1 aliphatic heterocycles. The maximum absolute atomic E-state index is 12.9. The van der Waals surface area contributed by atoms with E-state index >= 15 is 0 Å². The molecule has 1 aliphatic rings. The van der Waals surface area contributed by atoms with Crippen LogP contribution < -0.4 is 9.62 Å². The van der Waals surface area contributed by atoms with Gasteiger partial charge >= 0.3 is 0 Å². The molecule has 0 aliphatic carbocycles.